The second-order valence-electron chi connectivity index (χ2n) is 12.9. The Bertz CT molecular complexity index is 2020. The van der Waals surface area contributed by atoms with Crippen molar-refractivity contribution in [1.29, 1.82) is 0 Å². The molecule has 13 nitrogen and oxygen atoms in total. The maximum atomic E-state index is 14.3. The number of primary amides is 1. The summed E-state index contributed by atoms with van der Waals surface area (Å²) >= 11 is 2.34. The van der Waals surface area contributed by atoms with Crippen molar-refractivity contribution in [3.63, 3.8) is 0 Å². The second kappa shape index (κ2) is 15.5. The van der Waals surface area contributed by atoms with E-state index in [4.69, 9.17) is 20.5 Å². The van der Waals surface area contributed by atoms with Crippen molar-refractivity contribution in [1.82, 2.24) is 25.8 Å². The number of fused-ring (bicyclic) bond motifs is 2. The zero-order valence-electron chi connectivity index (χ0n) is 27.7. The smallest absolute Gasteiger partial charge is 0.370 e. The van der Waals surface area contributed by atoms with Crippen LogP contribution in [0.1, 0.15) is 69.6 Å². The van der Waals surface area contributed by atoms with Gasteiger partial charge in [-0.2, -0.15) is 8.78 Å². The number of hydrogen-bond acceptors (Lipinski definition) is 9. The Morgan fingerprint density at radius 2 is 1.88 bits per heavy atom. The number of thiazole rings is 1. The first kappa shape index (κ1) is 37.6. The molecule has 0 aliphatic carbocycles. The Balaban J connectivity index is 1.17. The van der Waals surface area contributed by atoms with Crippen molar-refractivity contribution < 1.29 is 42.3 Å². The van der Waals surface area contributed by atoms with Crippen LogP contribution >= 0.6 is 30.3 Å². The van der Waals surface area contributed by atoms with Gasteiger partial charge < -0.3 is 36.4 Å². The van der Waals surface area contributed by atoms with Gasteiger partial charge in [-0.05, 0) is 61.4 Å². The van der Waals surface area contributed by atoms with E-state index in [9.17, 15) is 32.5 Å². The molecule has 0 saturated carbocycles. The number of thiophene rings is 1. The van der Waals surface area contributed by atoms with Crippen molar-refractivity contribution in [3.05, 3.63) is 86.7 Å². The maximum absolute atomic E-state index is 14.3. The van der Waals surface area contributed by atoms with Crippen LogP contribution in [0.15, 0.2) is 60.0 Å². The first-order chi connectivity index (χ1) is 24.7. The third-order valence-corrected chi connectivity index (χ3v) is 12.3. The Morgan fingerprint density at radius 1 is 1.12 bits per heavy atom. The normalized spacial score (nSPS) is 20.2. The molecule has 7 N–H and O–H groups in total. The largest absolute Gasteiger partial charge is 0.399 e. The summed E-state index contributed by atoms with van der Waals surface area (Å²) in [5.74, 6) is -2.04. The van der Waals surface area contributed by atoms with E-state index in [1.165, 1.54) is 28.4 Å². The lowest BCUT2D eigenvalue weighted by Crippen LogP contribution is -2.60. The summed E-state index contributed by atoms with van der Waals surface area (Å²) in [4.78, 5) is 77.8. The minimum Gasteiger partial charge on any atom is -0.370 e. The third kappa shape index (κ3) is 8.24. The summed E-state index contributed by atoms with van der Waals surface area (Å²) in [6.45, 7) is 0.607. The molecule has 2 saturated heterocycles. The average molecular weight is 775 g/mol. The highest BCUT2D eigenvalue weighted by molar-refractivity contribution is 7.52. The fourth-order valence-corrected chi connectivity index (χ4v) is 8.90. The van der Waals surface area contributed by atoms with Crippen LogP contribution in [-0.4, -0.2) is 74.5 Å². The fraction of sp³-hybridized carbons (Fsp3) is 0.382. The standard InChI is InChI=1S/C34H37F2N6O7PS2/c35-34(36,50(47,48)49)21-6-10-27-20(15-21)16-28(52-27)31(45)41-25-17-38-13-12-23-7-9-26(42(23)33(25)46)30(44)40-24(8-11-29(37)43)32-39-22(18-51-32)14-19-4-2-1-3-5-19/h1-6,10,15-16,18,23-26,38H,7-9,11-14,17H2,(H2,37,43)(H,40,44)(H,41,45)(H2,47,48,49)/t23-,24+,25+,26+/m1/s1. The number of rotatable bonds is 12. The SMILES string of the molecule is NC(=O)CC[C@H](NC(=O)[C@@H]1CC[C@@H]2CCNC[C@H](NC(=O)c3cc4cc(C(F)(F)P(=O)(O)O)ccc4s3)C(=O)N21)c1nc(Cc2ccccc2)cs1. The molecule has 4 amide bonds. The summed E-state index contributed by atoms with van der Waals surface area (Å²) in [5.41, 5.74) is 2.04. The lowest BCUT2D eigenvalue weighted by Gasteiger charge is -2.35. The number of carbonyl (C=O) groups excluding carboxylic acids is 4. The van der Waals surface area contributed by atoms with Gasteiger partial charge in [0.1, 0.15) is 17.1 Å². The number of alkyl halides is 2. The van der Waals surface area contributed by atoms with E-state index in [0.717, 1.165) is 34.7 Å². The van der Waals surface area contributed by atoms with Gasteiger partial charge in [-0.1, -0.05) is 36.4 Å². The van der Waals surface area contributed by atoms with E-state index in [1.807, 2.05) is 35.7 Å². The van der Waals surface area contributed by atoms with Gasteiger partial charge in [0.05, 0.1) is 16.6 Å². The van der Waals surface area contributed by atoms with E-state index in [-0.39, 0.29) is 35.7 Å². The number of carbonyl (C=O) groups is 4. The van der Waals surface area contributed by atoms with Gasteiger partial charge in [-0.3, -0.25) is 23.7 Å². The highest BCUT2D eigenvalue weighted by Gasteiger charge is 2.50. The molecule has 0 unspecified atom stereocenters. The Kier molecular flexibility index (Phi) is 11.2. The minimum absolute atomic E-state index is 0.0133. The molecule has 4 atom stereocenters. The number of aromatic nitrogens is 1. The first-order valence-electron chi connectivity index (χ1n) is 16.6. The Labute approximate surface area is 305 Å². The molecule has 0 radical (unpaired) electrons. The zero-order chi connectivity index (χ0) is 37.2. The molecule has 2 aromatic heterocycles. The lowest BCUT2D eigenvalue weighted by molar-refractivity contribution is -0.142. The molecule has 6 rings (SSSR count). The van der Waals surface area contributed by atoms with E-state index >= 15 is 0 Å². The molecule has 276 valence electrons. The monoisotopic (exact) mass is 774 g/mol. The van der Waals surface area contributed by atoms with Crippen molar-refractivity contribution in [2.45, 2.75) is 68.4 Å². The van der Waals surface area contributed by atoms with Crippen LogP contribution in [0, 0.1) is 0 Å². The van der Waals surface area contributed by atoms with Gasteiger partial charge in [0, 0.05) is 41.1 Å². The first-order valence-corrected chi connectivity index (χ1v) is 19.9. The minimum atomic E-state index is -5.79. The van der Waals surface area contributed by atoms with Crippen LogP contribution in [0.3, 0.4) is 0 Å². The highest BCUT2D eigenvalue weighted by Crippen LogP contribution is 2.59. The van der Waals surface area contributed by atoms with Gasteiger partial charge >= 0.3 is 13.3 Å². The summed E-state index contributed by atoms with van der Waals surface area (Å²) in [7, 11) is -5.79. The van der Waals surface area contributed by atoms with Gasteiger partial charge in [0.25, 0.3) is 5.91 Å². The molecule has 2 aromatic carbocycles. The van der Waals surface area contributed by atoms with Crippen LogP contribution in [-0.2, 0) is 31.0 Å². The topological polar surface area (TPSA) is 204 Å². The van der Waals surface area contributed by atoms with Crippen LogP contribution in [0.2, 0.25) is 0 Å². The van der Waals surface area contributed by atoms with Crippen molar-refractivity contribution >= 4 is 64.0 Å². The summed E-state index contributed by atoms with van der Waals surface area (Å²) in [5, 5.41) is 11.6. The molecule has 52 heavy (non-hydrogen) atoms. The molecule has 0 spiro atoms. The fourth-order valence-electron chi connectivity index (χ4n) is 6.57. The molecule has 2 aliphatic rings. The number of nitrogens with two attached hydrogens (primary N) is 1. The summed E-state index contributed by atoms with van der Waals surface area (Å²) in [6, 6.07) is 11.4. The predicted molar refractivity (Wildman–Crippen MR) is 191 cm³/mol. The molecule has 4 heterocycles. The van der Waals surface area contributed by atoms with Gasteiger partial charge in [-0.25, -0.2) is 4.98 Å². The van der Waals surface area contributed by atoms with Gasteiger partial charge in [0.15, 0.2) is 0 Å². The quantitative estimate of drug-likeness (QED) is 0.116. The molecule has 2 fully saturated rings. The predicted octanol–water partition coefficient (Wildman–Crippen LogP) is 3.75. The zero-order valence-corrected chi connectivity index (χ0v) is 30.2. The molecule has 4 aromatic rings. The molecular formula is C34H37F2N6O7PS2. The van der Waals surface area contributed by atoms with E-state index < -0.39 is 60.6 Å². The third-order valence-electron chi connectivity index (χ3n) is 9.21. The van der Waals surface area contributed by atoms with Crippen molar-refractivity contribution in [2.75, 3.05) is 13.1 Å². The van der Waals surface area contributed by atoms with E-state index in [0.29, 0.717) is 41.9 Å². The maximum Gasteiger partial charge on any atom is 0.399 e. The van der Waals surface area contributed by atoms with Crippen LogP contribution in [0.25, 0.3) is 10.1 Å². The molecule has 2 aliphatic heterocycles. The number of hydrogen-bond donors (Lipinski definition) is 6. The van der Waals surface area contributed by atoms with Gasteiger partial charge in [0.2, 0.25) is 17.7 Å². The number of amides is 4. The number of benzene rings is 2. The van der Waals surface area contributed by atoms with Gasteiger partial charge in [-0.15, -0.1) is 22.7 Å². The molecule has 18 heteroatoms. The number of halogens is 2. The van der Waals surface area contributed by atoms with E-state index in [1.54, 1.807) is 0 Å². The Morgan fingerprint density at radius 3 is 2.62 bits per heavy atom. The summed E-state index contributed by atoms with van der Waals surface area (Å²) in [6.07, 6.45) is 2.37. The van der Waals surface area contributed by atoms with Crippen molar-refractivity contribution in [3.8, 4) is 0 Å². The average Bonchev–Trinajstić information content (AvgIpc) is 3.85. The summed E-state index contributed by atoms with van der Waals surface area (Å²) < 4.78 is 40.5. The Hall–Kier alpha value is -4.12. The number of nitrogens with one attached hydrogen (secondary N) is 3. The molecule has 0 bridgehead atoms. The lowest BCUT2D eigenvalue weighted by atomic mass is 10.1. The molecular weight excluding hydrogens is 738 g/mol. The highest BCUT2D eigenvalue weighted by atomic mass is 32.1. The van der Waals surface area contributed by atoms with Crippen LogP contribution in [0.4, 0.5) is 8.78 Å². The van der Waals surface area contributed by atoms with E-state index in [2.05, 4.69) is 16.0 Å². The van der Waals surface area contributed by atoms with Crippen LogP contribution < -0.4 is 21.7 Å². The van der Waals surface area contributed by atoms with Crippen LogP contribution in [0.5, 0.6) is 0 Å². The second-order valence-corrected chi connectivity index (χ2v) is 16.5. The van der Waals surface area contributed by atoms with Crippen molar-refractivity contribution in [2.24, 2.45) is 5.73 Å². The number of nitrogens with zero attached hydrogens (tertiary/aromatic N) is 2.